The van der Waals surface area contributed by atoms with Crippen LogP contribution in [0.1, 0.15) is 11.7 Å². The lowest BCUT2D eigenvalue weighted by atomic mass is 10.1. The van der Waals surface area contributed by atoms with E-state index in [0.29, 0.717) is 10.8 Å². The van der Waals surface area contributed by atoms with Gasteiger partial charge in [-0.25, -0.2) is 0 Å². The lowest BCUT2D eigenvalue weighted by molar-refractivity contribution is 0.204. The molecule has 18 heavy (non-hydrogen) atoms. The third-order valence-electron chi connectivity index (χ3n) is 2.49. The quantitative estimate of drug-likeness (QED) is 0.794. The molecule has 0 aliphatic heterocycles. The number of hydrogen-bond donors (Lipinski definition) is 1. The zero-order chi connectivity index (χ0) is 13.0. The van der Waals surface area contributed by atoms with Crippen LogP contribution < -0.4 is 0 Å². The highest BCUT2D eigenvalue weighted by molar-refractivity contribution is 9.10. The van der Waals surface area contributed by atoms with Crippen molar-refractivity contribution in [2.45, 2.75) is 11.0 Å². The average Bonchev–Trinajstić information content (AvgIpc) is 2.38. The molecule has 0 bridgehead atoms. The summed E-state index contributed by atoms with van der Waals surface area (Å²) in [6.45, 7) is 0. The molecule has 4 heteroatoms. The lowest BCUT2D eigenvalue weighted by Crippen LogP contribution is -2.00. The molecular weight excluding hydrogens is 332 g/mol. The molecule has 0 aliphatic rings. The van der Waals surface area contributed by atoms with Crippen molar-refractivity contribution >= 4 is 39.3 Å². The molecule has 2 aromatic carbocycles. The molecule has 1 atom stereocenters. The Bertz CT molecular complexity index is 515. The normalized spacial score (nSPS) is 12.4. The first-order chi connectivity index (χ1) is 8.66. The summed E-state index contributed by atoms with van der Waals surface area (Å²) in [5.41, 5.74) is 0.888. The van der Waals surface area contributed by atoms with Gasteiger partial charge < -0.3 is 5.11 Å². The van der Waals surface area contributed by atoms with Crippen LogP contribution >= 0.6 is 39.3 Å². The maximum absolute atomic E-state index is 10.1. The molecule has 1 nitrogen and oxygen atoms in total. The smallest absolute Gasteiger partial charge is 0.0883 e. The Hall–Kier alpha value is -0.480. The van der Waals surface area contributed by atoms with Crippen LogP contribution in [0.15, 0.2) is 57.9 Å². The van der Waals surface area contributed by atoms with Crippen LogP contribution in [0.2, 0.25) is 5.02 Å². The van der Waals surface area contributed by atoms with Crippen molar-refractivity contribution in [2.24, 2.45) is 0 Å². The Morgan fingerprint density at radius 1 is 1.11 bits per heavy atom. The van der Waals surface area contributed by atoms with Crippen molar-refractivity contribution in [3.63, 3.8) is 0 Å². The fourth-order valence-corrected chi connectivity index (χ4v) is 3.18. The highest BCUT2D eigenvalue weighted by Crippen LogP contribution is 2.30. The molecule has 0 heterocycles. The molecule has 0 saturated carbocycles. The number of aliphatic hydroxyl groups excluding tert-OH is 1. The molecule has 0 fully saturated rings. The Morgan fingerprint density at radius 2 is 1.78 bits per heavy atom. The molecule has 1 N–H and O–H groups in total. The predicted molar refractivity (Wildman–Crippen MR) is 81.3 cm³/mol. The van der Waals surface area contributed by atoms with Crippen molar-refractivity contribution in [1.29, 1.82) is 0 Å². The first kappa shape index (κ1) is 13.9. The SMILES string of the molecule is OC(CSc1ccccc1Br)c1ccc(Cl)cc1. The molecule has 0 aliphatic carbocycles. The molecule has 0 amide bonds. The topological polar surface area (TPSA) is 20.2 Å². The largest absolute Gasteiger partial charge is 0.388 e. The number of hydrogen-bond acceptors (Lipinski definition) is 2. The van der Waals surface area contributed by atoms with Gasteiger partial charge in [0.05, 0.1) is 6.10 Å². The summed E-state index contributed by atoms with van der Waals surface area (Å²) in [5.74, 6) is 0.615. The highest BCUT2D eigenvalue weighted by atomic mass is 79.9. The average molecular weight is 344 g/mol. The fourth-order valence-electron chi connectivity index (χ4n) is 1.51. The van der Waals surface area contributed by atoms with Crippen molar-refractivity contribution in [1.82, 2.24) is 0 Å². The highest BCUT2D eigenvalue weighted by Gasteiger charge is 2.09. The van der Waals surface area contributed by atoms with E-state index >= 15 is 0 Å². The van der Waals surface area contributed by atoms with Crippen LogP contribution in [0, 0.1) is 0 Å². The molecule has 94 valence electrons. The van der Waals surface area contributed by atoms with E-state index in [2.05, 4.69) is 15.9 Å². The molecule has 0 spiro atoms. The van der Waals surface area contributed by atoms with E-state index in [-0.39, 0.29) is 0 Å². The van der Waals surface area contributed by atoms with E-state index in [1.54, 1.807) is 23.9 Å². The number of thioether (sulfide) groups is 1. The molecule has 0 saturated heterocycles. The van der Waals surface area contributed by atoms with Gasteiger partial charge in [-0.2, -0.15) is 0 Å². The maximum Gasteiger partial charge on any atom is 0.0883 e. The van der Waals surface area contributed by atoms with Crippen LogP contribution in [0.4, 0.5) is 0 Å². The summed E-state index contributed by atoms with van der Waals surface area (Å²) in [7, 11) is 0. The molecule has 0 radical (unpaired) electrons. The minimum Gasteiger partial charge on any atom is -0.388 e. The van der Waals surface area contributed by atoms with Gasteiger partial charge in [-0.15, -0.1) is 11.8 Å². The lowest BCUT2D eigenvalue weighted by Gasteiger charge is -2.11. The van der Waals surface area contributed by atoms with Crippen LogP contribution in [0.5, 0.6) is 0 Å². The fraction of sp³-hybridized carbons (Fsp3) is 0.143. The Morgan fingerprint density at radius 3 is 2.44 bits per heavy atom. The van der Waals surface area contributed by atoms with Gasteiger partial charge in [0.1, 0.15) is 0 Å². The Balaban J connectivity index is 1.98. The van der Waals surface area contributed by atoms with E-state index in [0.717, 1.165) is 14.9 Å². The van der Waals surface area contributed by atoms with Crippen molar-refractivity contribution in [3.8, 4) is 0 Å². The molecule has 2 rings (SSSR count). The van der Waals surface area contributed by atoms with Gasteiger partial charge in [0.25, 0.3) is 0 Å². The summed E-state index contributed by atoms with van der Waals surface area (Å²) < 4.78 is 1.05. The van der Waals surface area contributed by atoms with Gasteiger partial charge in [0.2, 0.25) is 0 Å². The van der Waals surface area contributed by atoms with E-state index < -0.39 is 6.10 Å². The van der Waals surface area contributed by atoms with Crippen molar-refractivity contribution in [2.75, 3.05) is 5.75 Å². The van der Waals surface area contributed by atoms with E-state index in [4.69, 9.17) is 11.6 Å². The number of benzene rings is 2. The van der Waals surface area contributed by atoms with Crippen LogP contribution in [0.3, 0.4) is 0 Å². The number of rotatable bonds is 4. The standard InChI is InChI=1S/C14H12BrClOS/c15-12-3-1-2-4-14(12)18-9-13(17)10-5-7-11(16)8-6-10/h1-8,13,17H,9H2. The van der Waals surface area contributed by atoms with Crippen LogP contribution in [-0.4, -0.2) is 10.9 Å². The summed E-state index contributed by atoms with van der Waals surface area (Å²) in [4.78, 5) is 1.13. The van der Waals surface area contributed by atoms with E-state index in [9.17, 15) is 5.11 Å². The maximum atomic E-state index is 10.1. The van der Waals surface area contributed by atoms with Crippen molar-refractivity contribution in [3.05, 3.63) is 63.6 Å². The first-order valence-electron chi connectivity index (χ1n) is 5.47. The van der Waals surface area contributed by atoms with Crippen LogP contribution in [0.25, 0.3) is 0 Å². The zero-order valence-electron chi connectivity index (χ0n) is 9.51. The number of aliphatic hydroxyl groups is 1. The minimum absolute atomic E-state index is 0.487. The third-order valence-corrected chi connectivity index (χ3v) is 4.84. The minimum atomic E-state index is -0.487. The molecule has 1 unspecified atom stereocenters. The van der Waals surface area contributed by atoms with Gasteiger partial charge >= 0.3 is 0 Å². The van der Waals surface area contributed by atoms with Crippen LogP contribution in [-0.2, 0) is 0 Å². The third kappa shape index (κ3) is 3.75. The van der Waals surface area contributed by atoms with Gasteiger partial charge in [-0.3, -0.25) is 0 Å². The second-order valence-corrected chi connectivity index (χ2v) is 6.16. The zero-order valence-corrected chi connectivity index (χ0v) is 12.7. The summed E-state index contributed by atoms with van der Waals surface area (Å²) >= 11 is 10.9. The monoisotopic (exact) mass is 342 g/mol. The summed E-state index contributed by atoms with van der Waals surface area (Å²) in [5, 5.41) is 10.8. The molecular formula is C14H12BrClOS. The molecule has 0 aromatic heterocycles. The second-order valence-electron chi connectivity index (χ2n) is 3.81. The Labute approximate surface area is 124 Å². The van der Waals surface area contributed by atoms with E-state index in [1.165, 1.54) is 0 Å². The summed E-state index contributed by atoms with van der Waals surface area (Å²) in [6.07, 6.45) is -0.487. The van der Waals surface area contributed by atoms with Gasteiger partial charge in [-0.1, -0.05) is 35.9 Å². The summed E-state index contributed by atoms with van der Waals surface area (Å²) in [6, 6.07) is 15.3. The van der Waals surface area contributed by atoms with E-state index in [1.807, 2.05) is 36.4 Å². The molecule has 2 aromatic rings. The Kier molecular flexibility index (Phi) is 5.13. The first-order valence-corrected chi connectivity index (χ1v) is 7.63. The predicted octanol–water partition coefficient (Wildman–Crippen LogP) is 4.93. The second kappa shape index (κ2) is 6.62. The van der Waals surface area contributed by atoms with Gasteiger partial charge in [-0.05, 0) is 45.8 Å². The van der Waals surface area contributed by atoms with Crippen molar-refractivity contribution < 1.29 is 5.11 Å². The number of halogens is 2. The van der Waals surface area contributed by atoms with Gasteiger partial charge in [0, 0.05) is 20.1 Å². The van der Waals surface area contributed by atoms with Gasteiger partial charge in [0.15, 0.2) is 0 Å².